The van der Waals surface area contributed by atoms with Crippen LogP contribution >= 0.6 is 11.6 Å². The molecule has 28 heavy (non-hydrogen) atoms. The highest BCUT2D eigenvalue weighted by Gasteiger charge is 2.29. The van der Waals surface area contributed by atoms with E-state index in [1.165, 1.54) is 18.2 Å². The molecule has 0 aliphatic heterocycles. The first-order valence-corrected chi connectivity index (χ1v) is 8.60. The Morgan fingerprint density at radius 1 is 1.18 bits per heavy atom. The second-order valence-electron chi connectivity index (χ2n) is 5.91. The second-order valence-corrected chi connectivity index (χ2v) is 6.34. The highest BCUT2D eigenvalue weighted by molar-refractivity contribution is 6.30. The van der Waals surface area contributed by atoms with Crippen molar-refractivity contribution in [3.63, 3.8) is 0 Å². The summed E-state index contributed by atoms with van der Waals surface area (Å²) in [7, 11) is 0. The molecule has 0 aliphatic rings. The molecule has 0 saturated carbocycles. The summed E-state index contributed by atoms with van der Waals surface area (Å²) >= 11 is 5.90. The van der Waals surface area contributed by atoms with Crippen LogP contribution in [-0.2, 0) is 20.5 Å². The van der Waals surface area contributed by atoms with E-state index in [0.29, 0.717) is 10.6 Å². The molecule has 0 unspecified atom stereocenters. The summed E-state index contributed by atoms with van der Waals surface area (Å²) in [5.74, 6) is -1.28. The molecular weight excluding hydrogens is 395 g/mol. The topological polar surface area (TPSA) is 55.4 Å². The van der Waals surface area contributed by atoms with Crippen LogP contribution in [0.1, 0.15) is 29.7 Å². The zero-order valence-corrected chi connectivity index (χ0v) is 15.6. The van der Waals surface area contributed by atoms with E-state index in [4.69, 9.17) is 16.3 Å². The Kier molecular flexibility index (Phi) is 7.23. The van der Waals surface area contributed by atoms with E-state index in [1.807, 2.05) is 0 Å². The van der Waals surface area contributed by atoms with Gasteiger partial charge in [-0.3, -0.25) is 4.79 Å². The SMILES string of the molecule is C[C@@H](NC(=O)COC(=O)/C=C/c1ccc(C(F)(F)F)cc1)c1cccc(Cl)c1. The molecule has 1 N–H and O–H groups in total. The monoisotopic (exact) mass is 411 g/mol. The normalized spacial score (nSPS) is 12.6. The van der Waals surface area contributed by atoms with E-state index in [-0.39, 0.29) is 6.04 Å². The summed E-state index contributed by atoms with van der Waals surface area (Å²) in [5.41, 5.74) is 0.413. The molecular formula is C20H17ClF3NO3. The average molecular weight is 412 g/mol. The van der Waals surface area contributed by atoms with Gasteiger partial charge in [-0.2, -0.15) is 13.2 Å². The molecule has 0 radical (unpaired) electrons. The van der Waals surface area contributed by atoms with E-state index in [0.717, 1.165) is 23.8 Å². The zero-order valence-electron chi connectivity index (χ0n) is 14.8. The fraction of sp³-hybridized carbons (Fsp3) is 0.200. The number of nitrogens with one attached hydrogen (secondary N) is 1. The highest BCUT2D eigenvalue weighted by Crippen LogP contribution is 2.29. The molecule has 0 spiro atoms. The Morgan fingerprint density at radius 3 is 2.46 bits per heavy atom. The lowest BCUT2D eigenvalue weighted by atomic mass is 10.1. The summed E-state index contributed by atoms with van der Waals surface area (Å²) in [5, 5.41) is 3.21. The zero-order chi connectivity index (χ0) is 20.7. The minimum absolute atomic E-state index is 0.326. The number of carbonyl (C=O) groups excluding carboxylic acids is 2. The lowest BCUT2D eigenvalue weighted by molar-refractivity contribution is -0.144. The predicted octanol–water partition coefficient (Wildman–Crippen LogP) is 4.79. The van der Waals surface area contributed by atoms with Gasteiger partial charge >= 0.3 is 12.1 Å². The van der Waals surface area contributed by atoms with Crippen LogP contribution in [0.4, 0.5) is 13.2 Å². The molecule has 1 amide bonds. The van der Waals surface area contributed by atoms with Crippen molar-refractivity contribution in [1.29, 1.82) is 0 Å². The van der Waals surface area contributed by atoms with Crippen molar-refractivity contribution in [3.05, 3.63) is 76.3 Å². The number of hydrogen-bond donors (Lipinski definition) is 1. The fourth-order valence-electron chi connectivity index (χ4n) is 2.27. The third-order valence-electron chi connectivity index (χ3n) is 3.72. The van der Waals surface area contributed by atoms with Crippen molar-refractivity contribution >= 4 is 29.6 Å². The number of carbonyl (C=O) groups is 2. The van der Waals surface area contributed by atoms with E-state index in [9.17, 15) is 22.8 Å². The number of amides is 1. The molecule has 4 nitrogen and oxygen atoms in total. The largest absolute Gasteiger partial charge is 0.452 e. The molecule has 2 aromatic carbocycles. The first kappa shape index (κ1) is 21.5. The number of halogens is 4. The summed E-state index contributed by atoms with van der Waals surface area (Å²) in [6, 6.07) is 10.9. The minimum Gasteiger partial charge on any atom is -0.452 e. The lowest BCUT2D eigenvalue weighted by Gasteiger charge is -2.14. The maximum absolute atomic E-state index is 12.5. The molecule has 0 aromatic heterocycles. The number of rotatable bonds is 6. The van der Waals surface area contributed by atoms with Crippen molar-refractivity contribution < 1.29 is 27.5 Å². The van der Waals surface area contributed by atoms with E-state index in [1.54, 1.807) is 31.2 Å². The van der Waals surface area contributed by atoms with Gasteiger partial charge in [-0.05, 0) is 48.4 Å². The summed E-state index contributed by atoms with van der Waals surface area (Å²) in [6.45, 7) is 1.27. The van der Waals surface area contributed by atoms with Crippen LogP contribution in [-0.4, -0.2) is 18.5 Å². The van der Waals surface area contributed by atoms with Gasteiger partial charge in [0.25, 0.3) is 5.91 Å². The quantitative estimate of drug-likeness (QED) is 0.549. The van der Waals surface area contributed by atoms with Crippen LogP contribution in [0.5, 0.6) is 0 Å². The Labute approximate surface area is 165 Å². The third-order valence-corrected chi connectivity index (χ3v) is 3.96. The van der Waals surface area contributed by atoms with Crippen molar-refractivity contribution in [2.24, 2.45) is 0 Å². The summed E-state index contributed by atoms with van der Waals surface area (Å²) in [4.78, 5) is 23.5. The van der Waals surface area contributed by atoms with Crippen LogP contribution in [0.2, 0.25) is 5.02 Å². The van der Waals surface area contributed by atoms with Gasteiger partial charge in [-0.25, -0.2) is 4.79 Å². The van der Waals surface area contributed by atoms with Crippen LogP contribution in [0.25, 0.3) is 6.08 Å². The molecule has 1 atom stereocenters. The van der Waals surface area contributed by atoms with Crippen LogP contribution < -0.4 is 5.32 Å². The Morgan fingerprint density at radius 2 is 1.86 bits per heavy atom. The first-order valence-electron chi connectivity index (χ1n) is 8.22. The fourth-order valence-corrected chi connectivity index (χ4v) is 2.47. The first-order chi connectivity index (χ1) is 13.1. The smallest absolute Gasteiger partial charge is 0.416 e. The molecule has 0 fully saturated rings. The van der Waals surface area contributed by atoms with E-state index in [2.05, 4.69) is 5.32 Å². The maximum Gasteiger partial charge on any atom is 0.416 e. The summed E-state index contributed by atoms with van der Waals surface area (Å²) < 4.78 is 42.3. The van der Waals surface area contributed by atoms with E-state index < -0.39 is 30.2 Å². The Balaban J connectivity index is 1.81. The van der Waals surface area contributed by atoms with Gasteiger partial charge in [-0.15, -0.1) is 0 Å². The molecule has 148 valence electrons. The van der Waals surface area contributed by atoms with Gasteiger partial charge in [0.1, 0.15) is 0 Å². The standard InChI is InChI=1S/C20H17ClF3NO3/c1-13(15-3-2-4-17(21)11-15)25-18(26)12-28-19(27)10-7-14-5-8-16(9-6-14)20(22,23)24/h2-11,13H,12H2,1H3,(H,25,26)/b10-7+/t13-/m1/s1. The van der Waals surface area contributed by atoms with Crippen molar-refractivity contribution in [3.8, 4) is 0 Å². The number of alkyl halides is 3. The maximum atomic E-state index is 12.5. The molecule has 0 saturated heterocycles. The van der Waals surface area contributed by atoms with E-state index >= 15 is 0 Å². The van der Waals surface area contributed by atoms with Gasteiger partial charge in [0, 0.05) is 11.1 Å². The average Bonchev–Trinajstić information content (AvgIpc) is 2.64. The number of esters is 1. The Bertz CT molecular complexity index is 864. The number of ether oxygens (including phenoxy) is 1. The molecule has 2 rings (SSSR count). The van der Waals surface area contributed by atoms with Crippen molar-refractivity contribution in [2.45, 2.75) is 19.1 Å². The van der Waals surface area contributed by atoms with Crippen LogP contribution in [0.15, 0.2) is 54.6 Å². The van der Waals surface area contributed by atoms with Gasteiger partial charge in [0.2, 0.25) is 0 Å². The third kappa shape index (κ3) is 6.74. The van der Waals surface area contributed by atoms with Gasteiger partial charge in [-0.1, -0.05) is 35.9 Å². The van der Waals surface area contributed by atoms with Gasteiger partial charge in [0.05, 0.1) is 11.6 Å². The molecule has 8 heteroatoms. The number of benzene rings is 2. The van der Waals surface area contributed by atoms with Gasteiger partial charge < -0.3 is 10.1 Å². The molecule has 0 heterocycles. The molecule has 0 bridgehead atoms. The highest BCUT2D eigenvalue weighted by atomic mass is 35.5. The van der Waals surface area contributed by atoms with Crippen molar-refractivity contribution in [1.82, 2.24) is 5.32 Å². The Hall–Kier alpha value is -2.80. The molecule has 2 aromatic rings. The predicted molar refractivity (Wildman–Crippen MR) is 99.4 cm³/mol. The van der Waals surface area contributed by atoms with Crippen LogP contribution in [0.3, 0.4) is 0 Å². The summed E-state index contributed by atoms with van der Waals surface area (Å²) in [6.07, 6.45) is -2.08. The number of hydrogen-bond acceptors (Lipinski definition) is 3. The van der Waals surface area contributed by atoms with Gasteiger partial charge in [0.15, 0.2) is 6.61 Å². The lowest BCUT2D eigenvalue weighted by Crippen LogP contribution is -2.30. The van der Waals surface area contributed by atoms with Crippen molar-refractivity contribution in [2.75, 3.05) is 6.61 Å². The second kappa shape index (κ2) is 9.41. The molecule has 0 aliphatic carbocycles. The minimum atomic E-state index is -4.42. The van der Waals surface area contributed by atoms with Crippen LogP contribution in [0, 0.1) is 0 Å².